The number of rotatable bonds is 4. The Morgan fingerprint density at radius 3 is 1.57 bits per heavy atom. The van der Waals surface area contributed by atoms with Gasteiger partial charge in [0.15, 0.2) is 0 Å². The van der Waals surface area contributed by atoms with E-state index < -0.39 is 0 Å². The molecule has 148 valence electrons. The van der Waals surface area contributed by atoms with Crippen LogP contribution in [0.1, 0.15) is 38.2 Å². The molecule has 0 amide bonds. The van der Waals surface area contributed by atoms with Gasteiger partial charge >= 0.3 is 0 Å². The highest BCUT2D eigenvalue weighted by Gasteiger charge is 2.25. The molecule has 1 nitrogen and oxygen atoms in total. The maximum atomic E-state index is 2.42. The third-order valence-corrected chi connectivity index (χ3v) is 6.24. The summed E-state index contributed by atoms with van der Waals surface area (Å²) in [5.41, 5.74) is 10.2. The van der Waals surface area contributed by atoms with Gasteiger partial charge in [0.1, 0.15) is 0 Å². The van der Waals surface area contributed by atoms with Crippen LogP contribution >= 0.6 is 0 Å². The Balaban J connectivity index is 1.72. The van der Waals surface area contributed by atoms with Gasteiger partial charge < -0.3 is 4.90 Å². The van der Waals surface area contributed by atoms with E-state index in [1.165, 1.54) is 57.7 Å². The molecule has 0 N–H and O–H groups in total. The summed E-state index contributed by atoms with van der Waals surface area (Å²) in [5, 5.41) is 0. The Labute approximate surface area is 179 Å². The molecular formula is C29H27N. The van der Waals surface area contributed by atoms with Crippen molar-refractivity contribution >= 4 is 17.1 Å². The van der Waals surface area contributed by atoms with Gasteiger partial charge in [-0.3, -0.25) is 0 Å². The molecule has 1 unspecified atom stereocenters. The Bertz CT molecular complexity index is 1110. The Hall–Kier alpha value is -3.32. The van der Waals surface area contributed by atoms with Crippen molar-refractivity contribution in [3.05, 3.63) is 103 Å². The zero-order valence-corrected chi connectivity index (χ0v) is 17.7. The van der Waals surface area contributed by atoms with Crippen LogP contribution in [0.15, 0.2) is 97.1 Å². The highest BCUT2D eigenvalue weighted by atomic mass is 15.1. The molecule has 1 atom stereocenters. The van der Waals surface area contributed by atoms with Gasteiger partial charge in [-0.2, -0.15) is 0 Å². The second-order valence-corrected chi connectivity index (χ2v) is 8.20. The standard InChI is InChI=1S/C29H27N/c1-3-10-21(2)22-17-19-23(20-18-22)30-28-15-8-6-13-26(28)24-11-4-5-12-25(24)27-14-7-9-16-29(27)30/h4-9,11-21H,3,10H2,1-2H3. The van der Waals surface area contributed by atoms with Crippen LogP contribution < -0.4 is 4.90 Å². The van der Waals surface area contributed by atoms with Crippen LogP contribution in [0.25, 0.3) is 22.3 Å². The van der Waals surface area contributed by atoms with Gasteiger partial charge in [-0.05, 0) is 53.3 Å². The second kappa shape index (κ2) is 7.84. The van der Waals surface area contributed by atoms with E-state index in [-0.39, 0.29) is 0 Å². The van der Waals surface area contributed by atoms with Crippen LogP contribution in [0.5, 0.6) is 0 Å². The minimum atomic E-state index is 0.594. The second-order valence-electron chi connectivity index (χ2n) is 8.20. The summed E-state index contributed by atoms with van der Waals surface area (Å²) in [7, 11) is 0. The lowest BCUT2D eigenvalue weighted by molar-refractivity contribution is 0.665. The van der Waals surface area contributed by atoms with Crippen LogP contribution in [0.4, 0.5) is 17.1 Å². The average Bonchev–Trinajstić information content (AvgIpc) is 2.92. The topological polar surface area (TPSA) is 3.24 Å². The summed E-state index contributed by atoms with van der Waals surface area (Å²) in [6.45, 7) is 4.58. The molecule has 0 aromatic heterocycles. The Morgan fingerprint density at radius 2 is 1.07 bits per heavy atom. The summed E-state index contributed by atoms with van der Waals surface area (Å²) in [6, 6.07) is 35.4. The van der Waals surface area contributed by atoms with Gasteiger partial charge in [0.05, 0.1) is 11.4 Å². The summed E-state index contributed by atoms with van der Waals surface area (Å²) in [4.78, 5) is 2.42. The van der Waals surface area contributed by atoms with Crippen molar-refractivity contribution in [3.63, 3.8) is 0 Å². The lowest BCUT2D eigenvalue weighted by Crippen LogP contribution is -2.11. The molecular weight excluding hydrogens is 362 g/mol. The van der Waals surface area contributed by atoms with E-state index in [2.05, 4.69) is 116 Å². The number of anilines is 3. The van der Waals surface area contributed by atoms with Gasteiger partial charge in [0, 0.05) is 16.8 Å². The van der Waals surface area contributed by atoms with E-state index in [9.17, 15) is 0 Å². The zero-order chi connectivity index (χ0) is 20.5. The molecule has 1 aliphatic heterocycles. The highest BCUT2D eigenvalue weighted by Crippen LogP contribution is 2.50. The fraction of sp³-hybridized carbons (Fsp3) is 0.172. The van der Waals surface area contributed by atoms with E-state index >= 15 is 0 Å². The molecule has 4 aromatic carbocycles. The largest absolute Gasteiger partial charge is 0.309 e. The third kappa shape index (κ3) is 3.11. The predicted molar refractivity (Wildman–Crippen MR) is 129 cm³/mol. The van der Waals surface area contributed by atoms with E-state index in [0.717, 1.165) is 0 Å². The molecule has 5 rings (SSSR count). The quantitative estimate of drug-likeness (QED) is 0.297. The first kappa shape index (κ1) is 18.7. The number of hydrogen-bond acceptors (Lipinski definition) is 1. The Kier molecular flexibility index (Phi) is 4.88. The van der Waals surface area contributed by atoms with Crippen LogP contribution in [-0.2, 0) is 0 Å². The fourth-order valence-corrected chi connectivity index (χ4v) is 4.71. The molecule has 0 aliphatic carbocycles. The number of para-hydroxylation sites is 2. The van der Waals surface area contributed by atoms with E-state index in [1.807, 2.05) is 0 Å². The fourth-order valence-electron chi connectivity index (χ4n) is 4.71. The predicted octanol–water partition coefficient (Wildman–Crippen LogP) is 8.71. The molecule has 0 saturated carbocycles. The van der Waals surface area contributed by atoms with E-state index in [4.69, 9.17) is 0 Å². The maximum absolute atomic E-state index is 2.42. The van der Waals surface area contributed by atoms with E-state index in [1.54, 1.807) is 0 Å². The lowest BCUT2D eigenvalue weighted by atomic mass is 9.95. The number of fused-ring (bicyclic) bond motifs is 5. The van der Waals surface area contributed by atoms with Crippen molar-refractivity contribution < 1.29 is 0 Å². The van der Waals surface area contributed by atoms with Crippen LogP contribution in [-0.4, -0.2) is 0 Å². The smallest absolute Gasteiger partial charge is 0.0540 e. The summed E-state index contributed by atoms with van der Waals surface area (Å²) in [6.07, 6.45) is 2.44. The van der Waals surface area contributed by atoms with Crippen LogP contribution in [0.2, 0.25) is 0 Å². The first-order valence-corrected chi connectivity index (χ1v) is 11.0. The third-order valence-electron chi connectivity index (χ3n) is 6.24. The molecule has 1 heteroatoms. The van der Waals surface area contributed by atoms with Crippen molar-refractivity contribution in [2.45, 2.75) is 32.6 Å². The first-order valence-electron chi connectivity index (χ1n) is 11.0. The molecule has 0 spiro atoms. The summed E-state index contributed by atoms with van der Waals surface area (Å²) >= 11 is 0. The van der Waals surface area contributed by atoms with Gasteiger partial charge in [0.25, 0.3) is 0 Å². The molecule has 0 fully saturated rings. The van der Waals surface area contributed by atoms with Crippen molar-refractivity contribution in [1.82, 2.24) is 0 Å². The summed E-state index contributed by atoms with van der Waals surface area (Å²) in [5.74, 6) is 0.594. The minimum absolute atomic E-state index is 0.594. The van der Waals surface area contributed by atoms with Crippen LogP contribution in [0.3, 0.4) is 0 Å². The Morgan fingerprint density at radius 1 is 0.600 bits per heavy atom. The molecule has 1 aliphatic rings. The van der Waals surface area contributed by atoms with Crippen molar-refractivity contribution in [2.24, 2.45) is 0 Å². The van der Waals surface area contributed by atoms with Gasteiger partial charge in [-0.1, -0.05) is 93.1 Å². The maximum Gasteiger partial charge on any atom is 0.0540 e. The van der Waals surface area contributed by atoms with Crippen LogP contribution in [0, 0.1) is 0 Å². The molecule has 0 saturated heterocycles. The first-order chi connectivity index (χ1) is 14.8. The molecule has 30 heavy (non-hydrogen) atoms. The number of hydrogen-bond donors (Lipinski definition) is 0. The lowest BCUT2D eigenvalue weighted by Gasteiger charge is -2.27. The number of nitrogens with zero attached hydrogens (tertiary/aromatic N) is 1. The molecule has 4 aromatic rings. The normalized spacial score (nSPS) is 13.1. The summed E-state index contributed by atoms with van der Waals surface area (Å²) < 4.78 is 0. The van der Waals surface area contributed by atoms with E-state index in [0.29, 0.717) is 5.92 Å². The van der Waals surface area contributed by atoms with Crippen molar-refractivity contribution in [1.29, 1.82) is 0 Å². The molecule has 0 bridgehead atoms. The average molecular weight is 390 g/mol. The molecule has 1 heterocycles. The van der Waals surface area contributed by atoms with Crippen molar-refractivity contribution in [3.8, 4) is 22.3 Å². The van der Waals surface area contributed by atoms with Gasteiger partial charge in [0.2, 0.25) is 0 Å². The minimum Gasteiger partial charge on any atom is -0.309 e. The SMILES string of the molecule is CCCC(C)c1ccc(N2c3ccccc3-c3ccccc3-c3ccccc32)cc1. The van der Waals surface area contributed by atoms with Crippen molar-refractivity contribution in [2.75, 3.05) is 4.90 Å². The van der Waals surface area contributed by atoms with Gasteiger partial charge in [-0.15, -0.1) is 0 Å². The highest BCUT2D eigenvalue weighted by molar-refractivity contribution is 6.02. The number of benzene rings is 4. The monoisotopic (exact) mass is 389 g/mol. The zero-order valence-electron chi connectivity index (χ0n) is 17.7. The molecule has 0 radical (unpaired) electrons. The van der Waals surface area contributed by atoms with Gasteiger partial charge in [-0.25, -0.2) is 0 Å².